The fourth-order valence-electron chi connectivity index (χ4n) is 1.03. The van der Waals surface area contributed by atoms with Crippen molar-refractivity contribution >= 4 is 11.9 Å². The second-order valence-corrected chi connectivity index (χ2v) is 3.99. The Morgan fingerprint density at radius 2 is 2.18 bits per heavy atom. The maximum Gasteiger partial charge on any atom is 0.321 e. The minimum Gasteiger partial charge on any atom is -0.384 e. The number of carbonyl (C=O) groups excluding carboxylic acids is 2. The van der Waals surface area contributed by atoms with Crippen LogP contribution >= 0.6 is 0 Å². The van der Waals surface area contributed by atoms with Crippen molar-refractivity contribution in [2.75, 3.05) is 7.05 Å². The monoisotopic (exact) mass is 241 g/mol. The summed E-state index contributed by atoms with van der Waals surface area (Å²) in [7, 11) is 1.41. The number of urea groups is 1. The highest BCUT2D eigenvalue weighted by Crippen LogP contribution is 2.15. The summed E-state index contributed by atoms with van der Waals surface area (Å²) in [5.74, 6) is -0.517. The molecular weight excluding hydrogens is 226 g/mol. The number of aromatic nitrogens is 3. The molecule has 0 fully saturated rings. The second kappa shape index (κ2) is 4.91. The Labute approximate surface area is 98.0 Å². The van der Waals surface area contributed by atoms with E-state index in [4.69, 9.17) is 0 Å². The molecule has 0 radical (unpaired) electrons. The molecule has 0 spiro atoms. The highest BCUT2D eigenvalue weighted by Gasteiger charge is 2.20. The van der Waals surface area contributed by atoms with Gasteiger partial charge in [-0.15, -0.1) is 5.10 Å². The molecule has 0 aliphatic carbocycles. The van der Waals surface area contributed by atoms with E-state index in [0.717, 1.165) is 0 Å². The van der Waals surface area contributed by atoms with Crippen molar-refractivity contribution < 1.29 is 14.7 Å². The van der Waals surface area contributed by atoms with E-state index >= 15 is 0 Å². The van der Waals surface area contributed by atoms with Gasteiger partial charge in [0.25, 0.3) is 0 Å². The number of carbonyl (C=O) groups is 2. The zero-order chi connectivity index (χ0) is 13.1. The average Bonchev–Trinajstić information content (AvgIpc) is 2.65. The van der Waals surface area contributed by atoms with Crippen LogP contribution in [0.4, 0.5) is 4.79 Å². The third-order valence-electron chi connectivity index (χ3n) is 1.95. The summed E-state index contributed by atoms with van der Waals surface area (Å²) in [5, 5.41) is 21.4. The van der Waals surface area contributed by atoms with Crippen molar-refractivity contribution in [1.82, 2.24) is 25.6 Å². The quantitative estimate of drug-likeness (QED) is 0.626. The van der Waals surface area contributed by atoms with Crippen molar-refractivity contribution in [2.45, 2.75) is 26.0 Å². The van der Waals surface area contributed by atoms with Crippen LogP contribution in [0.25, 0.3) is 0 Å². The van der Waals surface area contributed by atoms with Crippen LogP contribution in [0.1, 0.15) is 19.5 Å². The molecule has 1 aromatic rings. The Morgan fingerprint density at radius 1 is 1.53 bits per heavy atom. The Bertz CT molecular complexity index is 421. The second-order valence-electron chi connectivity index (χ2n) is 3.99. The molecule has 1 rings (SSSR count). The lowest BCUT2D eigenvalue weighted by Gasteiger charge is -2.11. The first-order chi connectivity index (χ1) is 7.82. The topological polar surface area (TPSA) is 109 Å². The summed E-state index contributed by atoms with van der Waals surface area (Å²) in [4.78, 5) is 22.2. The number of aliphatic hydroxyl groups is 1. The largest absolute Gasteiger partial charge is 0.384 e. The molecule has 0 saturated heterocycles. The predicted octanol–water partition coefficient (Wildman–Crippen LogP) is -1.04. The number of nitrogens with zero attached hydrogens (tertiary/aromatic N) is 3. The smallest absolute Gasteiger partial charge is 0.321 e. The van der Waals surface area contributed by atoms with Gasteiger partial charge in [0.1, 0.15) is 17.8 Å². The van der Waals surface area contributed by atoms with Gasteiger partial charge in [0, 0.05) is 7.05 Å². The Hall–Kier alpha value is -1.96. The fourth-order valence-corrected chi connectivity index (χ4v) is 1.03. The maximum atomic E-state index is 11.3. The molecule has 0 atom stereocenters. The molecule has 0 aromatic carbocycles. The van der Waals surface area contributed by atoms with E-state index in [0.29, 0.717) is 5.69 Å². The van der Waals surface area contributed by atoms with Crippen LogP contribution in [-0.4, -0.2) is 39.1 Å². The fraction of sp³-hybridized carbons (Fsp3) is 0.556. The number of imide groups is 1. The lowest BCUT2D eigenvalue weighted by Crippen LogP contribution is -2.39. The van der Waals surface area contributed by atoms with Crippen LogP contribution in [0.2, 0.25) is 0 Å². The van der Waals surface area contributed by atoms with Crippen molar-refractivity contribution in [3.8, 4) is 0 Å². The van der Waals surface area contributed by atoms with Gasteiger partial charge in [-0.25, -0.2) is 9.48 Å². The van der Waals surface area contributed by atoms with Crippen molar-refractivity contribution in [3.63, 3.8) is 0 Å². The molecule has 0 aliphatic heterocycles. The molecule has 0 aliphatic rings. The highest BCUT2D eigenvalue weighted by molar-refractivity contribution is 5.93. The Morgan fingerprint density at radius 3 is 2.65 bits per heavy atom. The molecule has 3 amide bonds. The number of amides is 3. The van der Waals surface area contributed by atoms with Crippen LogP contribution in [-0.2, 0) is 16.9 Å². The molecule has 0 unspecified atom stereocenters. The van der Waals surface area contributed by atoms with Gasteiger partial charge >= 0.3 is 6.03 Å². The Balaban J connectivity index is 2.61. The predicted molar refractivity (Wildman–Crippen MR) is 57.9 cm³/mol. The number of hydrogen-bond acceptors (Lipinski definition) is 5. The van der Waals surface area contributed by atoms with E-state index in [-0.39, 0.29) is 6.54 Å². The summed E-state index contributed by atoms with van der Waals surface area (Å²) in [6, 6.07) is -0.585. The van der Waals surface area contributed by atoms with Crippen LogP contribution in [0, 0.1) is 0 Å². The zero-order valence-corrected chi connectivity index (χ0v) is 9.89. The van der Waals surface area contributed by atoms with Crippen molar-refractivity contribution in [1.29, 1.82) is 0 Å². The van der Waals surface area contributed by atoms with Crippen LogP contribution < -0.4 is 10.6 Å². The van der Waals surface area contributed by atoms with Crippen molar-refractivity contribution in [2.24, 2.45) is 0 Å². The van der Waals surface area contributed by atoms with Gasteiger partial charge in [0.05, 0.1) is 6.20 Å². The van der Waals surface area contributed by atoms with Gasteiger partial charge in [-0.3, -0.25) is 10.1 Å². The highest BCUT2D eigenvalue weighted by atomic mass is 16.3. The summed E-state index contributed by atoms with van der Waals surface area (Å²) >= 11 is 0. The third-order valence-corrected chi connectivity index (χ3v) is 1.95. The molecule has 0 saturated carbocycles. The van der Waals surface area contributed by atoms with E-state index in [1.165, 1.54) is 17.9 Å². The van der Waals surface area contributed by atoms with Gasteiger partial charge < -0.3 is 10.4 Å². The first-order valence-corrected chi connectivity index (χ1v) is 4.97. The minimum atomic E-state index is -1.12. The molecule has 1 aromatic heterocycles. The maximum absolute atomic E-state index is 11.3. The summed E-state index contributed by atoms with van der Waals surface area (Å²) in [5.41, 5.74) is -0.763. The lowest BCUT2D eigenvalue weighted by molar-refractivity contribution is -0.120. The first kappa shape index (κ1) is 13.1. The Kier molecular flexibility index (Phi) is 3.79. The van der Waals surface area contributed by atoms with E-state index < -0.39 is 17.5 Å². The zero-order valence-electron chi connectivity index (χ0n) is 9.89. The SMILES string of the molecule is CNC(=O)NC(=O)Cn1cc(C(C)(C)O)nn1. The molecule has 3 N–H and O–H groups in total. The normalized spacial score (nSPS) is 11.1. The van der Waals surface area contributed by atoms with Crippen molar-refractivity contribution in [3.05, 3.63) is 11.9 Å². The van der Waals surface area contributed by atoms with E-state index in [2.05, 4.69) is 20.9 Å². The summed E-state index contributed by atoms with van der Waals surface area (Å²) in [6.07, 6.45) is 1.45. The molecule has 94 valence electrons. The van der Waals surface area contributed by atoms with E-state index in [1.807, 2.05) is 0 Å². The summed E-state index contributed by atoms with van der Waals surface area (Å²) < 4.78 is 1.24. The molecule has 1 heterocycles. The number of hydrogen-bond donors (Lipinski definition) is 3. The standard InChI is InChI=1S/C9H15N5O3/c1-9(2,17)6-4-14(13-12-6)5-7(15)11-8(16)10-3/h4,17H,5H2,1-3H3,(H2,10,11,15,16). The van der Waals surface area contributed by atoms with Gasteiger partial charge in [0.15, 0.2) is 0 Å². The van der Waals surface area contributed by atoms with E-state index in [1.54, 1.807) is 13.8 Å². The first-order valence-electron chi connectivity index (χ1n) is 4.97. The van der Waals surface area contributed by atoms with Gasteiger partial charge in [-0.1, -0.05) is 5.21 Å². The number of rotatable bonds is 3. The lowest BCUT2D eigenvalue weighted by atomic mass is 10.1. The molecule has 17 heavy (non-hydrogen) atoms. The molecular formula is C9H15N5O3. The number of nitrogens with one attached hydrogen (secondary N) is 2. The van der Waals surface area contributed by atoms with Gasteiger partial charge in [-0.2, -0.15) is 0 Å². The average molecular weight is 241 g/mol. The summed E-state index contributed by atoms with van der Waals surface area (Å²) in [6.45, 7) is 2.98. The van der Waals surface area contributed by atoms with Crippen LogP contribution in [0.15, 0.2) is 6.20 Å². The third kappa shape index (κ3) is 3.83. The molecule has 8 nitrogen and oxygen atoms in total. The van der Waals surface area contributed by atoms with E-state index in [9.17, 15) is 14.7 Å². The molecule has 8 heteroatoms. The van der Waals surface area contributed by atoms with Crippen LogP contribution in [0.5, 0.6) is 0 Å². The molecule has 0 bridgehead atoms. The van der Waals surface area contributed by atoms with Crippen LogP contribution in [0.3, 0.4) is 0 Å². The van der Waals surface area contributed by atoms with Gasteiger partial charge in [0.2, 0.25) is 5.91 Å². The minimum absolute atomic E-state index is 0.142. The van der Waals surface area contributed by atoms with Gasteiger partial charge in [-0.05, 0) is 13.8 Å².